The summed E-state index contributed by atoms with van der Waals surface area (Å²) in [5.74, 6) is 0.786. The third-order valence-electron chi connectivity index (χ3n) is 4.91. The number of benzene rings is 1. The number of piperidine rings is 1. The Hall–Kier alpha value is -3.29. The van der Waals surface area contributed by atoms with E-state index in [-0.39, 0.29) is 17.5 Å². The molecule has 1 fully saturated rings. The fraction of sp³-hybridized carbons (Fsp3) is 0.316. The van der Waals surface area contributed by atoms with Crippen LogP contribution in [-0.4, -0.2) is 48.2 Å². The molecule has 27 heavy (non-hydrogen) atoms. The molecule has 0 bridgehead atoms. The van der Waals surface area contributed by atoms with E-state index in [1.54, 1.807) is 28.8 Å². The first-order chi connectivity index (χ1) is 13.1. The Morgan fingerprint density at radius 2 is 1.85 bits per heavy atom. The van der Waals surface area contributed by atoms with Gasteiger partial charge in [0.1, 0.15) is 17.8 Å². The SMILES string of the molecule is Cn1nc(C2CCN(C(=O)c3ccncn3)CC2)n(-c2ccccc2)c1=O. The van der Waals surface area contributed by atoms with Crippen molar-refractivity contribution in [2.45, 2.75) is 18.8 Å². The van der Waals surface area contributed by atoms with E-state index in [2.05, 4.69) is 15.1 Å². The Morgan fingerprint density at radius 1 is 1.11 bits per heavy atom. The molecule has 1 saturated heterocycles. The third-order valence-corrected chi connectivity index (χ3v) is 4.91. The summed E-state index contributed by atoms with van der Waals surface area (Å²) >= 11 is 0. The number of hydrogen-bond donors (Lipinski definition) is 0. The normalized spacial score (nSPS) is 15.1. The van der Waals surface area contributed by atoms with Crippen LogP contribution in [0, 0.1) is 0 Å². The van der Waals surface area contributed by atoms with E-state index >= 15 is 0 Å². The molecule has 0 N–H and O–H groups in total. The number of likely N-dealkylation sites (tertiary alicyclic amines) is 1. The van der Waals surface area contributed by atoms with Gasteiger partial charge < -0.3 is 4.90 Å². The van der Waals surface area contributed by atoms with Crippen molar-refractivity contribution >= 4 is 5.91 Å². The molecule has 0 unspecified atom stereocenters. The molecular formula is C19H20N6O2. The minimum Gasteiger partial charge on any atom is -0.337 e. The highest BCUT2D eigenvalue weighted by atomic mass is 16.2. The van der Waals surface area contributed by atoms with Crippen LogP contribution in [0.4, 0.5) is 0 Å². The molecule has 0 saturated carbocycles. The second kappa shape index (κ2) is 7.14. The lowest BCUT2D eigenvalue weighted by molar-refractivity contribution is 0.0704. The molecule has 0 atom stereocenters. The predicted molar refractivity (Wildman–Crippen MR) is 98.7 cm³/mol. The van der Waals surface area contributed by atoms with Gasteiger partial charge >= 0.3 is 5.69 Å². The van der Waals surface area contributed by atoms with Crippen molar-refractivity contribution in [2.75, 3.05) is 13.1 Å². The number of rotatable bonds is 3. The fourth-order valence-corrected chi connectivity index (χ4v) is 3.49. The molecule has 138 valence electrons. The van der Waals surface area contributed by atoms with Crippen LogP contribution in [0.2, 0.25) is 0 Å². The van der Waals surface area contributed by atoms with Crippen molar-refractivity contribution in [3.8, 4) is 5.69 Å². The topological polar surface area (TPSA) is 85.9 Å². The lowest BCUT2D eigenvalue weighted by atomic mass is 9.95. The summed E-state index contributed by atoms with van der Waals surface area (Å²) in [7, 11) is 1.67. The molecule has 1 aliphatic heterocycles. The van der Waals surface area contributed by atoms with Gasteiger partial charge in [-0.15, -0.1) is 0 Å². The minimum atomic E-state index is -0.157. The van der Waals surface area contributed by atoms with Crippen molar-refractivity contribution in [3.63, 3.8) is 0 Å². The van der Waals surface area contributed by atoms with E-state index < -0.39 is 0 Å². The molecule has 8 heteroatoms. The van der Waals surface area contributed by atoms with Crippen LogP contribution >= 0.6 is 0 Å². The summed E-state index contributed by atoms with van der Waals surface area (Å²) in [5.41, 5.74) is 1.06. The Bertz CT molecular complexity index is 988. The van der Waals surface area contributed by atoms with Gasteiger partial charge in [-0.1, -0.05) is 18.2 Å². The lowest BCUT2D eigenvalue weighted by Gasteiger charge is -2.31. The average molecular weight is 364 g/mol. The Labute approximate surface area is 156 Å². The number of aryl methyl sites for hydroxylation is 1. The van der Waals surface area contributed by atoms with Crippen LogP contribution in [0.1, 0.15) is 35.1 Å². The van der Waals surface area contributed by atoms with E-state index in [4.69, 9.17) is 0 Å². The lowest BCUT2D eigenvalue weighted by Crippen LogP contribution is -2.39. The van der Waals surface area contributed by atoms with Crippen molar-refractivity contribution < 1.29 is 4.79 Å². The highest BCUT2D eigenvalue weighted by Gasteiger charge is 2.29. The van der Waals surface area contributed by atoms with E-state index in [0.717, 1.165) is 24.4 Å². The van der Waals surface area contributed by atoms with Gasteiger partial charge in [-0.3, -0.25) is 4.79 Å². The number of amides is 1. The van der Waals surface area contributed by atoms with Gasteiger partial charge in [0, 0.05) is 32.3 Å². The molecule has 3 heterocycles. The Kier molecular flexibility index (Phi) is 4.53. The molecule has 2 aromatic heterocycles. The molecule has 3 aromatic rings. The molecule has 1 aromatic carbocycles. The van der Waals surface area contributed by atoms with Crippen LogP contribution in [-0.2, 0) is 7.05 Å². The Balaban J connectivity index is 1.55. The maximum Gasteiger partial charge on any atom is 0.350 e. The first-order valence-corrected chi connectivity index (χ1v) is 8.92. The smallest absolute Gasteiger partial charge is 0.337 e. The average Bonchev–Trinajstić information content (AvgIpc) is 3.03. The zero-order chi connectivity index (χ0) is 18.8. The van der Waals surface area contributed by atoms with Gasteiger partial charge in [0.05, 0.1) is 5.69 Å². The molecule has 4 rings (SSSR count). The maximum absolute atomic E-state index is 12.6. The van der Waals surface area contributed by atoms with Crippen LogP contribution in [0.5, 0.6) is 0 Å². The zero-order valence-electron chi connectivity index (χ0n) is 15.0. The van der Waals surface area contributed by atoms with Crippen molar-refractivity contribution in [1.82, 2.24) is 29.2 Å². The molecule has 1 amide bonds. The first-order valence-electron chi connectivity index (χ1n) is 8.92. The summed E-state index contributed by atoms with van der Waals surface area (Å²) in [5, 5.41) is 4.48. The summed E-state index contributed by atoms with van der Waals surface area (Å²) in [4.78, 5) is 34.8. The number of nitrogens with zero attached hydrogens (tertiary/aromatic N) is 6. The van der Waals surface area contributed by atoms with Crippen molar-refractivity contribution in [2.24, 2.45) is 7.05 Å². The highest BCUT2D eigenvalue weighted by Crippen LogP contribution is 2.28. The van der Waals surface area contributed by atoms with E-state index in [0.29, 0.717) is 18.8 Å². The fourth-order valence-electron chi connectivity index (χ4n) is 3.49. The molecule has 0 aliphatic carbocycles. The van der Waals surface area contributed by atoms with Crippen LogP contribution in [0.25, 0.3) is 5.69 Å². The van der Waals surface area contributed by atoms with Gasteiger partial charge in [0.2, 0.25) is 0 Å². The first kappa shape index (κ1) is 17.1. The molecule has 0 spiro atoms. The largest absolute Gasteiger partial charge is 0.350 e. The second-order valence-electron chi connectivity index (χ2n) is 6.60. The van der Waals surface area contributed by atoms with E-state index in [9.17, 15) is 9.59 Å². The van der Waals surface area contributed by atoms with Gasteiger partial charge in [-0.2, -0.15) is 5.10 Å². The number of aromatic nitrogens is 5. The van der Waals surface area contributed by atoms with Gasteiger partial charge in [-0.05, 0) is 31.0 Å². The molecular weight excluding hydrogens is 344 g/mol. The third kappa shape index (κ3) is 3.25. The minimum absolute atomic E-state index is 0.0858. The number of para-hydroxylation sites is 1. The zero-order valence-corrected chi connectivity index (χ0v) is 15.0. The molecule has 0 radical (unpaired) electrons. The summed E-state index contributed by atoms with van der Waals surface area (Å²) in [6, 6.07) is 11.2. The number of hydrogen-bond acceptors (Lipinski definition) is 5. The van der Waals surface area contributed by atoms with Crippen LogP contribution in [0.15, 0.2) is 53.7 Å². The Morgan fingerprint density at radius 3 is 2.52 bits per heavy atom. The standard InChI is InChI=1S/C19H20N6O2/c1-23-19(27)25(15-5-3-2-4-6-15)17(22-23)14-8-11-24(12-9-14)18(26)16-7-10-20-13-21-16/h2-7,10,13-14H,8-9,11-12H2,1H3. The maximum atomic E-state index is 12.6. The monoisotopic (exact) mass is 364 g/mol. The van der Waals surface area contributed by atoms with Gasteiger partial charge in [-0.25, -0.2) is 24.0 Å². The second-order valence-corrected chi connectivity index (χ2v) is 6.60. The van der Waals surface area contributed by atoms with Gasteiger partial charge in [0.15, 0.2) is 0 Å². The van der Waals surface area contributed by atoms with Crippen LogP contribution < -0.4 is 5.69 Å². The quantitative estimate of drug-likeness (QED) is 0.701. The highest BCUT2D eigenvalue weighted by molar-refractivity contribution is 5.92. The number of carbonyl (C=O) groups is 1. The van der Waals surface area contributed by atoms with E-state index in [1.807, 2.05) is 30.3 Å². The molecule has 1 aliphatic rings. The number of carbonyl (C=O) groups excluding carboxylic acids is 1. The van der Waals surface area contributed by atoms with Crippen LogP contribution in [0.3, 0.4) is 0 Å². The van der Waals surface area contributed by atoms with Crippen molar-refractivity contribution in [1.29, 1.82) is 0 Å². The summed E-state index contributed by atoms with van der Waals surface area (Å²) in [6.45, 7) is 1.21. The molecule has 8 nitrogen and oxygen atoms in total. The summed E-state index contributed by atoms with van der Waals surface area (Å²) < 4.78 is 3.05. The van der Waals surface area contributed by atoms with E-state index in [1.165, 1.54) is 11.0 Å². The van der Waals surface area contributed by atoms with Crippen molar-refractivity contribution in [3.05, 3.63) is 70.9 Å². The predicted octanol–water partition coefficient (Wildman–Crippen LogP) is 1.38. The van der Waals surface area contributed by atoms with Gasteiger partial charge in [0.25, 0.3) is 5.91 Å². The summed E-state index contributed by atoms with van der Waals surface area (Å²) in [6.07, 6.45) is 4.45.